The van der Waals surface area contributed by atoms with Crippen LogP contribution in [0, 0.1) is 0 Å². The predicted octanol–water partition coefficient (Wildman–Crippen LogP) is 4.47. The van der Waals surface area contributed by atoms with Gasteiger partial charge >= 0.3 is 12.2 Å². The molecule has 2 aliphatic heterocycles. The summed E-state index contributed by atoms with van der Waals surface area (Å²) in [5, 5.41) is 17.4. The Hall–Kier alpha value is -5.16. The molecule has 6 rings (SSSR count). The fourth-order valence-corrected chi connectivity index (χ4v) is 5.57. The van der Waals surface area contributed by atoms with Gasteiger partial charge in [-0.05, 0) is 54.7 Å². The number of ether oxygens (including phenoxy) is 4. The van der Waals surface area contributed by atoms with Gasteiger partial charge < -0.3 is 34.7 Å². The number of hydrogen-bond acceptors (Lipinski definition) is 9. The van der Waals surface area contributed by atoms with Crippen molar-refractivity contribution in [3.63, 3.8) is 0 Å². The molecule has 11 nitrogen and oxygen atoms in total. The topological polar surface area (TPSA) is 141 Å². The van der Waals surface area contributed by atoms with E-state index in [0.29, 0.717) is 35.7 Å². The highest BCUT2D eigenvalue weighted by Crippen LogP contribution is 2.33. The van der Waals surface area contributed by atoms with Crippen LogP contribution in [0.25, 0.3) is 0 Å². The first-order valence-electron chi connectivity index (χ1n) is 14.9. The van der Waals surface area contributed by atoms with Gasteiger partial charge in [-0.1, -0.05) is 60.7 Å². The molecule has 0 radical (unpaired) electrons. The van der Waals surface area contributed by atoms with E-state index in [1.165, 1.54) is 0 Å². The van der Waals surface area contributed by atoms with Crippen LogP contribution < -0.4 is 20.1 Å². The molecule has 4 heterocycles. The minimum absolute atomic E-state index is 0.125. The molecule has 0 bridgehead atoms. The minimum atomic E-state index is -1.06. The van der Waals surface area contributed by atoms with E-state index >= 15 is 0 Å². The minimum Gasteiger partial charge on any atom is -0.473 e. The summed E-state index contributed by atoms with van der Waals surface area (Å²) < 4.78 is 22.5. The van der Waals surface area contributed by atoms with Crippen molar-refractivity contribution >= 4 is 12.2 Å². The maximum Gasteiger partial charge on any atom is 0.408 e. The highest BCUT2D eigenvalue weighted by Gasteiger charge is 2.33. The molecule has 5 atom stereocenters. The Bertz CT molecular complexity index is 1590. The number of nitrogens with zero attached hydrogens (tertiary/aromatic N) is 2. The van der Waals surface area contributed by atoms with Gasteiger partial charge in [0.05, 0.1) is 23.3 Å². The average Bonchev–Trinajstić information content (AvgIpc) is 3.65. The van der Waals surface area contributed by atoms with E-state index in [1.54, 1.807) is 30.6 Å². The Balaban J connectivity index is 1.15. The Morgan fingerprint density at radius 3 is 1.80 bits per heavy atom. The van der Waals surface area contributed by atoms with Gasteiger partial charge in [0.15, 0.2) is 12.2 Å². The maximum atomic E-state index is 13.1. The van der Waals surface area contributed by atoms with Crippen LogP contribution >= 0.6 is 0 Å². The van der Waals surface area contributed by atoms with Gasteiger partial charge in [0.2, 0.25) is 11.8 Å². The number of carbonyl (C=O) groups excluding carboxylic acids is 2. The standard InChI is InChI=1S/C34H34N4O7/c39-28(27(18-23-11-5-2-6-12-23)38-34(41)45-30-21-43-32-26(30)14-8-16-36-32)19-24(17-22-9-3-1-4-10-22)37-33(40)44-29-20-42-31-25(29)13-7-15-35-31/h1-16,24,27-30,39H,17-21H2,(H,37,40)(H,38,41)/t24-,27-,28-,29?,30?/m0/s1. The van der Waals surface area contributed by atoms with E-state index in [9.17, 15) is 14.7 Å². The smallest absolute Gasteiger partial charge is 0.408 e. The van der Waals surface area contributed by atoms with Crippen LogP contribution in [0.3, 0.4) is 0 Å². The van der Waals surface area contributed by atoms with Crippen molar-refractivity contribution in [2.24, 2.45) is 0 Å². The number of amides is 2. The van der Waals surface area contributed by atoms with Gasteiger partial charge in [0.1, 0.15) is 13.2 Å². The third-order valence-corrected chi connectivity index (χ3v) is 7.78. The number of pyridine rings is 2. The number of alkyl carbamates (subject to hydrolysis) is 2. The maximum absolute atomic E-state index is 13.1. The number of hydrogen-bond donors (Lipinski definition) is 3. The predicted molar refractivity (Wildman–Crippen MR) is 163 cm³/mol. The lowest BCUT2D eigenvalue weighted by molar-refractivity contribution is 0.0597. The molecule has 2 unspecified atom stereocenters. The second-order valence-electron chi connectivity index (χ2n) is 11.0. The number of fused-ring (bicyclic) bond motifs is 2. The first-order chi connectivity index (χ1) is 22.0. The Labute approximate surface area is 260 Å². The highest BCUT2D eigenvalue weighted by molar-refractivity contribution is 5.69. The molecule has 232 valence electrons. The fourth-order valence-electron chi connectivity index (χ4n) is 5.57. The molecule has 45 heavy (non-hydrogen) atoms. The van der Waals surface area contributed by atoms with Crippen molar-refractivity contribution < 1.29 is 33.6 Å². The van der Waals surface area contributed by atoms with E-state index in [2.05, 4.69) is 20.6 Å². The summed E-state index contributed by atoms with van der Waals surface area (Å²) in [7, 11) is 0. The molecule has 11 heteroatoms. The first kappa shape index (κ1) is 29.9. The SMILES string of the molecule is O=C(N[C@@H](Cc1ccccc1)C[C@H](O)[C@H](Cc1ccccc1)NC(=O)OC1COc2ncccc21)OC1COc2ncccc21. The van der Waals surface area contributed by atoms with Gasteiger partial charge in [-0.15, -0.1) is 0 Å². The van der Waals surface area contributed by atoms with E-state index in [4.69, 9.17) is 18.9 Å². The molecule has 2 aromatic heterocycles. The zero-order chi connectivity index (χ0) is 31.0. The van der Waals surface area contributed by atoms with Crippen molar-refractivity contribution in [2.45, 2.75) is 49.7 Å². The second-order valence-corrected chi connectivity index (χ2v) is 11.0. The first-order valence-corrected chi connectivity index (χ1v) is 14.9. The molecule has 2 amide bonds. The molecule has 2 aliphatic rings. The zero-order valence-corrected chi connectivity index (χ0v) is 24.5. The van der Waals surface area contributed by atoms with Gasteiger partial charge in [-0.2, -0.15) is 0 Å². The molecule has 3 N–H and O–H groups in total. The molecule has 0 spiro atoms. The van der Waals surface area contributed by atoms with Crippen molar-refractivity contribution in [1.29, 1.82) is 0 Å². The molecule has 4 aromatic rings. The average molecular weight is 611 g/mol. The Morgan fingerprint density at radius 1 is 0.733 bits per heavy atom. The number of rotatable bonds is 11. The van der Waals surface area contributed by atoms with E-state index in [0.717, 1.165) is 11.1 Å². The quantitative estimate of drug-likeness (QED) is 0.224. The summed E-state index contributed by atoms with van der Waals surface area (Å²) in [6, 6.07) is 25.1. The molecular weight excluding hydrogens is 576 g/mol. The van der Waals surface area contributed by atoms with Crippen LogP contribution in [-0.4, -0.2) is 58.7 Å². The van der Waals surface area contributed by atoms with Gasteiger partial charge in [-0.25, -0.2) is 19.6 Å². The molecule has 0 fully saturated rings. The Morgan fingerprint density at radius 2 is 1.24 bits per heavy atom. The van der Waals surface area contributed by atoms with Crippen molar-refractivity contribution in [3.05, 3.63) is 120 Å². The van der Waals surface area contributed by atoms with E-state index in [1.807, 2.05) is 66.7 Å². The molecule has 0 aliphatic carbocycles. The largest absolute Gasteiger partial charge is 0.473 e. The third-order valence-electron chi connectivity index (χ3n) is 7.78. The molecule has 2 aromatic carbocycles. The summed E-state index contributed by atoms with van der Waals surface area (Å²) in [4.78, 5) is 34.6. The second kappa shape index (κ2) is 14.1. The fraction of sp³-hybridized carbons (Fsp3) is 0.294. The third kappa shape index (κ3) is 7.68. The van der Waals surface area contributed by atoms with Crippen LogP contribution in [0.15, 0.2) is 97.3 Å². The molecular formula is C34H34N4O7. The monoisotopic (exact) mass is 610 g/mol. The lowest BCUT2D eigenvalue weighted by Crippen LogP contribution is -2.49. The van der Waals surface area contributed by atoms with E-state index in [-0.39, 0.29) is 19.6 Å². The van der Waals surface area contributed by atoms with Crippen LogP contribution in [0.2, 0.25) is 0 Å². The van der Waals surface area contributed by atoms with Crippen LogP contribution in [0.1, 0.15) is 40.9 Å². The number of benzene rings is 2. The number of nitrogens with one attached hydrogen (secondary N) is 2. The van der Waals surface area contributed by atoms with Crippen molar-refractivity contribution in [2.75, 3.05) is 13.2 Å². The summed E-state index contributed by atoms with van der Waals surface area (Å²) >= 11 is 0. The number of carbonyl (C=O) groups is 2. The van der Waals surface area contributed by atoms with Crippen molar-refractivity contribution in [3.8, 4) is 11.8 Å². The van der Waals surface area contributed by atoms with Crippen molar-refractivity contribution in [1.82, 2.24) is 20.6 Å². The number of aliphatic hydroxyl groups excluding tert-OH is 1. The van der Waals surface area contributed by atoms with Crippen LogP contribution in [0.4, 0.5) is 9.59 Å². The van der Waals surface area contributed by atoms with E-state index < -0.39 is 42.6 Å². The normalized spacial score (nSPS) is 18.2. The van der Waals surface area contributed by atoms with Gasteiger partial charge in [0, 0.05) is 18.4 Å². The lowest BCUT2D eigenvalue weighted by Gasteiger charge is -2.28. The summed E-state index contributed by atoms with van der Waals surface area (Å²) in [6.07, 6.45) is 0.506. The number of aliphatic hydroxyl groups is 1. The summed E-state index contributed by atoms with van der Waals surface area (Å²) in [5.41, 5.74) is 3.27. The van der Waals surface area contributed by atoms with Crippen LogP contribution in [0.5, 0.6) is 11.8 Å². The number of aromatic nitrogens is 2. The Kier molecular flexibility index (Phi) is 9.35. The highest BCUT2D eigenvalue weighted by atomic mass is 16.6. The van der Waals surface area contributed by atoms with Gasteiger partial charge in [-0.3, -0.25) is 0 Å². The lowest BCUT2D eigenvalue weighted by atomic mass is 9.94. The summed E-state index contributed by atoms with van der Waals surface area (Å²) in [6.45, 7) is 0.326. The van der Waals surface area contributed by atoms with Crippen LogP contribution in [-0.2, 0) is 22.3 Å². The van der Waals surface area contributed by atoms with Gasteiger partial charge in [0.25, 0.3) is 0 Å². The molecule has 0 saturated heterocycles. The zero-order valence-electron chi connectivity index (χ0n) is 24.5. The summed E-state index contributed by atoms with van der Waals surface area (Å²) in [5.74, 6) is 0.874. The molecule has 0 saturated carbocycles.